The largest absolute Gasteiger partial charge is 0.475 e. The molecule has 0 unspecified atom stereocenters. The van der Waals surface area contributed by atoms with E-state index in [1.165, 1.54) is 24.3 Å². The van der Waals surface area contributed by atoms with Crippen LogP contribution in [0, 0.1) is 19.8 Å². The second kappa shape index (κ2) is 10.5. The van der Waals surface area contributed by atoms with E-state index in [4.69, 9.17) is 4.74 Å². The van der Waals surface area contributed by atoms with Gasteiger partial charge in [-0.3, -0.25) is 4.79 Å². The highest BCUT2D eigenvalue weighted by molar-refractivity contribution is 7.93. The Bertz CT molecular complexity index is 1660. The molecule has 0 spiro atoms. The molecule has 40 heavy (non-hydrogen) atoms. The molecule has 4 bridgehead atoms. The van der Waals surface area contributed by atoms with Gasteiger partial charge in [0.1, 0.15) is 6.61 Å². The van der Waals surface area contributed by atoms with Crippen molar-refractivity contribution in [3.63, 3.8) is 0 Å². The lowest BCUT2D eigenvalue weighted by Gasteiger charge is -2.42. The highest BCUT2D eigenvalue weighted by atomic mass is 32.2. The van der Waals surface area contributed by atoms with Crippen LogP contribution in [0.1, 0.15) is 41.8 Å². The van der Waals surface area contributed by atoms with E-state index in [0.29, 0.717) is 12.1 Å². The van der Waals surface area contributed by atoms with E-state index in [9.17, 15) is 21.6 Å². The first kappa shape index (κ1) is 28.0. The molecule has 3 heterocycles. The standard InChI is InChI=1S/C28H32N4O6S2/c1-17(2)11-21-14-38-25-13-24(26-18(3)7-5-8-19(26)4)29-28(30-25)31-40(36,37)23-10-6-9-20(12-23)27(33)32(21)22-15-39(34,35)16-22/h5-10,12-13,17,21-22H,11,14-16H2,1-4H3,(H,29,30,31)/t21-/m1/s1. The number of carbonyl (C=O) groups excluding carboxylic acids is 1. The number of sulfonamides is 1. The summed E-state index contributed by atoms with van der Waals surface area (Å²) in [6.45, 7) is 7.95. The minimum Gasteiger partial charge on any atom is -0.475 e. The molecular formula is C28H32N4O6S2. The van der Waals surface area contributed by atoms with Crippen molar-refractivity contribution in [2.75, 3.05) is 22.8 Å². The zero-order chi connectivity index (χ0) is 28.8. The summed E-state index contributed by atoms with van der Waals surface area (Å²) < 4.78 is 59.7. The van der Waals surface area contributed by atoms with Crippen molar-refractivity contribution in [1.82, 2.24) is 14.9 Å². The second-order valence-corrected chi connectivity index (χ2v) is 14.7. The predicted octanol–water partition coefficient (Wildman–Crippen LogP) is 3.61. The van der Waals surface area contributed by atoms with E-state index in [0.717, 1.165) is 16.7 Å². The van der Waals surface area contributed by atoms with Crippen LogP contribution in [0.25, 0.3) is 11.3 Å². The number of anilines is 1. The van der Waals surface area contributed by atoms with Crippen LogP contribution >= 0.6 is 0 Å². The zero-order valence-corrected chi connectivity index (χ0v) is 24.4. The van der Waals surface area contributed by atoms with Crippen molar-refractivity contribution in [2.24, 2.45) is 5.92 Å². The number of carbonyl (C=O) groups is 1. The van der Waals surface area contributed by atoms with E-state index in [1.807, 2.05) is 45.9 Å². The van der Waals surface area contributed by atoms with Crippen LogP contribution in [0.2, 0.25) is 0 Å². The second-order valence-electron chi connectivity index (χ2n) is 10.9. The summed E-state index contributed by atoms with van der Waals surface area (Å²) in [5.41, 5.74) is 3.36. The van der Waals surface area contributed by atoms with E-state index >= 15 is 0 Å². The number of amides is 1. The predicted molar refractivity (Wildman–Crippen MR) is 152 cm³/mol. The first-order chi connectivity index (χ1) is 18.8. The van der Waals surface area contributed by atoms with Crippen molar-refractivity contribution in [2.45, 2.75) is 51.1 Å². The molecule has 5 rings (SSSR count). The molecule has 2 aliphatic heterocycles. The van der Waals surface area contributed by atoms with Crippen LogP contribution in [0.5, 0.6) is 5.88 Å². The van der Waals surface area contributed by atoms with Gasteiger partial charge in [0.2, 0.25) is 11.8 Å². The summed E-state index contributed by atoms with van der Waals surface area (Å²) in [4.78, 5) is 24.2. The van der Waals surface area contributed by atoms with Gasteiger partial charge in [0.15, 0.2) is 9.84 Å². The number of hydrogen-bond acceptors (Lipinski definition) is 8. The fourth-order valence-corrected chi connectivity index (χ4v) is 7.72. The molecule has 212 valence electrons. The molecule has 10 nitrogen and oxygen atoms in total. The van der Waals surface area contributed by atoms with Crippen molar-refractivity contribution < 1.29 is 26.4 Å². The Labute approximate surface area is 234 Å². The van der Waals surface area contributed by atoms with E-state index < -0.39 is 37.9 Å². The summed E-state index contributed by atoms with van der Waals surface area (Å²) in [5.74, 6) is -0.606. The lowest BCUT2D eigenvalue weighted by Crippen LogP contribution is -2.60. The number of benzene rings is 2. The summed E-state index contributed by atoms with van der Waals surface area (Å²) in [7, 11) is -7.43. The number of nitrogens with zero attached hydrogens (tertiary/aromatic N) is 3. The molecule has 12 heteroatoms. The summed E-state index contributed by atoms with van der Waals surface area (Å²) >= 11 is 0. The lowest BCUT2D eigenvalue weighted by molar-refractivity contribution is 0.0478. The summed E-state index contributed by atoms with van der Waals surface area (Å²) in [6.07, 6.45) is 0.542. The van der Waals surface area contributed by atoms with Crippen molar-refractivity contribution in [3.8, 4) is 17.1 Å². The molecule has 1 atom stereocenters. The average molecular weight is 585 g/mol. The molecule has 1 fully saturated rings. The summed E-state index contributed by atoms with van der Waals surface area (Å²) in [6, 6.07) is 12.1. The SMILES string of the molecule is Cc1cccc(C)c1-c1cc2nc(n1)NS(=O)(=O)c1cccc(c1)C(=O)N(C1CS(=O)(=O)C1)[C@H](CC(C)C)CO2. The molecule has 3 aromatic rings. The normalized spacial score (nSPS) is 20.4. The number of aromatic nitrogens is 2. The highest BCUT2D eigenvalue weighted by Crippen LogP contribution is 2.31. The van der Waals surface area contributed by atoms with Crippen LogP contribution in [-0.2, 0) is 19.9 Å². The molecule has 0 radical (unpaired) electrons. The fourth-order valence-electron chi connectivity index (χ4n) is 5.33. The van der Waals surface area contributed by atoms with Crippen molar-refractivity contribution >= 4 is 31.7 Å². The molecule has 1 N–H and O–H groups in total. The van der Waals surface area contributed by atoms with Gasteiger partial charge in [0.25, 0.3) is 15.9 Å². The maximum absolute atomic E-state index is 13.9. The lowest BCUT2D eigenvalue weighted by atomic mass is 10.00. The fraction of sp³-hybridized carbons (Fsp3) is 0.393. The Kier molecular flexibility index (Phi) is 7.34. The molecule has 0 aliphatic carbocycles. The number of hydrogen-bond donors (Lipinski definition) is 1. The third kappa shape index (κ3) is 5.68. The Morgan fingerprint density at radius 2 is 1.68 bits per heavy atom. The van der Waals surface area contributed by atoms with Crippen LogP contribution < -0.4 is 9.46 Å². The number of sulfone groups is 1. The van der Waals surface area contributed by atoms with E-state index in [-0.39, 0.29) is 46.3 Å². The topological polar surface area (TPSA) is 136 Å². The maximum Gasteiger partial charge on any atom is 0.264 e. The minimum absolute atomic E-state index is 0.0373. The molecule has 2 aliphatic rings. The van der Waals surface area contributed by atoms with Crippen LogP contribution in [0.4, 0.5) is 5.95 Å². The van der Waals surface area contributed by atoms with Crippen LogP contribution in [-0.4, -0.2) is 67.8 Å². The van der Waals surface area contributed by atoms with Gasteiger partial charge in [0, 0.05) is 17.2 Å². The molecule has 1 saturated heterocycles. The van der Waals surface area contributed by atoms with E-state index in [1.54, 1.807) is 11.0 Å². The monoisotopic (exact) mass is 584 g/mol. The third-order valence-electron chi connectivity index (χ3n) is 7.14. The van der Waals surface area contributed by atoms with Crippen LogP contribution in [0.15, 0.2) is 53.4 Å². The van der Waals surface area contributed by atoms with Crippen LogP contribution in [0.3, 0.4) is 0 Å². The third-order valence-corrected chi connectivity index (χ3v) is 10.2. The smallest absolute Gasteiger partial charge is 0.264 e. The van der Waals surface area contributed by atoms with Gasteiger partial charge < -0.3 is 9.64 Å². The zero-order valence-electron chi connectivity index (χ0n) is 22.8. The van der Waals surface area contributed by atoms with E-state index in [2.05, 4.69) is 14.7 Å². The Morgan fingerprint density at radius 1 is 1.00 bits per heavy atom. The molecule has 2 aromatic carbocycles. The first-order valence-corrected chi connectivity index (χ1v) is 16.4. The molecule has 0 saturated carbocycles. The number of aryl methyl sites for hydroxylation is 2. The molecule has 1 amide bonds. The Morgan fingerprint density at radius 3 is 2.33 bits per heavy atom. The van der Waals surface area contributed by atoms with Crippen molar-refractivity contribution in [3.05, 3.63) is 65.2 Å². The number of rotatable bonds is 4. The van der Waals surface area contributed by atoms with Crippen molar-refractivity contribution in [1.29, 1.82) is 0 Å². The Balaban J connectivity index is 1.67. The van der Waals surface area contributed by atoms with Gasteiger partial charge in [-0.2, -0.15) is 4.98 Å². The molecular weight excluding hydrogens is 552 g/mol. The highest BCUT2D eigenvalue weighted by Gasteiger charge is 2.43. The van der Waals surface area contributed by atoms with Gasteiger partial charge in [-0.05, 0) is 55.5 Å². The van der Waals surface area contributed by atoms with Gasteiger partial charge in [-0.1, -0.05) is 38.1 Å². The quantitative estimate of drug-likeness (QED) is 0.491. The van der Waals surface area contributed by atoms with Gasteiger partial charge in [-0.15, -0.1) is 0 Å². The minimum atomic E-state index is -4.18. The number of ether oxygens (including phenoxy) is 1. The van der Waals surface area contributed by atoms with Gasteiger partial charge in [-0.25, -0.2) is 26.5 Å². The molecule has 1 aromatic heterocycles. The van der Waals surface area contributed by atoms with Gasteiger partial charge in [0.05, 0.1) is 34.2 Å². The first-order valence-electron chi connectivity index (χ1n) is 13.1. The Hall–Kier alpha value is -3.51. The van der Waals surface area contributed by atoms with Gasteiger partial charge >= 0.3 is 0 Å². The number of nitrogens with one attached hydrogen (secondary N) is 1. The number of fused-ring (bicyclic) bond motifs is 4. The maximum atomic E-state index is 13.9. The average Bonchev–Trinajstić information content (AvgIpc) is 2.85. The summed E-state index contributed by atoms with van der Waals surface area (Å²) in [5, 5.41) is 0.